The molecule has 0 amide bonds. The molecule has 124 valence electrons. The van der Waals surface area contributed by atoms with Gasteiger partial charge >= 0.3 is 0 Å². The smallest absolute Gasteiger partial charge is 0.196 e. The minimum Gasteiger partial charge on any atom is -0.381 e. The maximum atomic E-state index is 6.25. The third kappa shape index (κ3) is 1.98. The lowest BCUT2D eigenvalue weighted by Gasteiger charge is -2.29. The van der Waals surface area contributed by atoms with Crippen LogP contribution in [0.2, 0.25) is 0 Å². The van der Waals surface area contributed by atoms with E-state index >= 15 is 0 Å². The first-order valence-electron chi connectivity index (χ1n) is 7.83. The van der Waals surface area contributed by atoms with Crippen molar-refractivity contribution < 1.29 is 14.2 Å². The molecule has 2 fully saturated rings. The van der Waals surface area contributed by atoms with Gasteiger partial charge in [0.25, 0.3) is 0 Å². The highest BCUT2D eigenvalue weighted by molar-refractivity contribution is 5.59. The highest BCUT2D eigenvalue weighted by atomic mass is 16.8. The van der Waals surface area contributed by atoms with Crippen molar-refractivity contribution in [3.8, 4) is 0 Å². The minimum atomic E-state index is -0.649. The Morgan fingerprint density at radius 2 is 2.09 bits per heavy atom. The van der Waals surface area contributed by atoms with Gasteiger partial charge < -0.3 is 19.9 Å². The Balaban J connectivity index is 1.83. The Hall–Kier alpha value is -1.77. The van der Waals surface area contributed by atoms with Crippen molar-refractivity contribution in [2.24, 2.45) is 0 Å². The molecule has 0 aliphatic carbocycles. The molecular formula is C15H21N5O3. The zero-order valence-corrected chi connectivity index (χ0v) is 13.7. The van der Waals surface area contributed by atoms with Gasteiger partial charge in [-0.2, -0.15) is 5.10 Å². The average molecular weight is 319 g/mol. The van der Waals surface area contributed by atoms with E-state index in [1.165, 1.54) is 6.33 Å². The van der Waals surface area contributed by atoms with Gasteiger partial charge in [0, 0.05) is 0 Å². The van der Waals surface area contributed by atoms with Crippen LogP contribution >= 0.6 is 0 Å². The van der Waals surface area contributed by atoms with Crippen LogP contribution < -0.4 is 5.73 Å². The van der Waals surface area contributed by atoms with E-state index in [0.29, 0.717) is 11.5 Å². The lowest BCUT2D eigenvalue weighted by molar-refractivity contribution is -0.204. The second kappa shape index (κ2) is 4.62. The molecule has 2 aromatic rings. The molecule has 2 N–H and O–H groups in total. The number of fused-ring (bicyclic) bond motifs is 2. The van der Waals surface area contributed by atoms with Crippen molar-refractivity contribution in [2.45, 2.75) is 63.8 Å². The lowest BCUT2D eigenvalue weighted by atomic mass is 9.90. The maximum absolute atomic E-state index is 6.25. The molecule has 0 unspecified atom stereocenters. The van der Waals surface area contributed by atoms with E-state index in [1.807, 2.05) is 20.8 Å². The summed E-state index contributed by atoms with van der Waals surface area (Å²) in [7, 11) is 0. The maximum Gasteiger partial charge on any atom is 0.196 e. The molecule has 4 atom stereocenters. The van der Waals surface area contributed by atoms with Crippen molar-refractivity contribution >= 4 is 11.5 Å². The normalized spacial score (nSPS) is 35.7. The highest BCUT2D eigenvalue weighted by Gasteiger charge is 2.63. The summed E-state index contributed by atoms with van der Waals surface area (Å²) in [6.45, 7) is 7.96. The van der Waals surface area contributed by atoms with Gasteiger partial charge in [0.2, 0.25) is 0 Å². The monoisotopic (exact) mass is 319 g/mol. The van der Waals surface area contributed by atoms with Gasteiger partial charge in [0.15, 0.2) is 17.3 Å². The summed E-state index contributed by atoms with van der Waals surface area (Å²) >= 11 is 0. The molecule has 2 aliphatic rings. The van der Waals surface area contributed by atoms with Crippen molar-refractivity contribution in [1.29, 1.82) is 0 Å². The summed E-state index contributed by atoms with van der Waals surface area (Å²) in [4.78, 5) is 8.30. The summed E-state index contributed by atoms with van der Waals surface area (Å²) in [6.07, 6.45) is 3.44. The van der Waals surface area contributed by atoms with E-state index in [4.69, 9.17) is 19.9 Å². The standard InChI is InChI=1S/C15H21N5O3/c1-5-9-11-15(4,23-14(2,3)22-11)10(21-9)8-6-17-13-12(16)18-7-19-20(8)13/h6-7,9-11H,5H2,1-4H3,(H2,16,18,19)/t9-,10+,11-,15+/m1/s1. The number of nitrogens with two attached hydrogens (primary N) is 1. The summed E-state index contributed by atoms with van der Waals surface area (Å²) < 4.78 is 20.3. The van der Waals surface area contributed by atoms with Gasteiger partial charge in [-0.05, 0) is 27.2 Å². The third-order valence-corrected chi connectivity index (χ3v) is 4.64. The van der Waals surface area contributed by atoms with E-state index in [2.05, 4.69) is 22.0 Å². The van der Waals surface area contributed by atoms with E-state index in [0.717, 1.165) is 12.1 Å². The first kappa shape index (κ1) is 14.8. The minimum absolute atomic E-state index is 0.0449. The number of hydrogen-bond donors (Lipinski definition) is 1. The molecule has 4 heterocycles. The van der Waals surface area contributed by atoms with Crippen molar-refractivity contribution in [3.63, 3.8) is 0 Å². The third-order valence-electron chi connectivity index (χ3n) is 4.64. The Morgan fingerprint density at radius 1 is 1.30 bits per heavy atom. The number of anilines is 1. The molecular weight excluding hydrogens is 298 g/mol. The van der Waals surface area contributed by atoms with Gasteiger partial charge in [0.1, 0.15) is 24.1 Å². The Morgan fingerprint density at radius 3 is 2.83 bits per heavy atom. The predicted octanol–water partition coefficient (Wildman–Crippen LogP) is 1.47. The molecule has 0 bridgehead atoms. The molecule has 4 rings (SSSR count). The van der Waals surface area contributed by atoms with Crippen LogP contribution in [0.25, 0.3) is 5.65 Å². The Labute approximate surface area is 133 Å². The van der Waals surface area contributed by atoms with Gasteiger partial charge in [-0.25, -0.2) is 14.5 Å². The van der Waals surface area contributed by atoms with Crippen LogP contribution in [0.4, 0.5) is 5.82 Å². The fourth-order valence-corrected chi connectivity index (χ4v) is 3.77. The van der Waals surface area contributed by atoms with Crippen molar-refractivity contribution in [3.05, 3.63) is 18.2 Å². The van der Waals surface area contributed by atoms with E-state index in [9.17, 15) is 0 Å². The summed E-state index contributed by atoms with van der Waals surface area (Å²) in [6, 6.07) is 0. The molecule has 0 aromatic carbocycles. The molecule has 2 aliphatic heterocycles. The van der Waals surface area contributed by atoms with Gasteiger partial charge in [-0.3, -0.25) is 0 Å². The number of ether oxygens (including phenoxy) is 3. The average Bonchev–Trinajstić information content (AvgIpc) is 3.07. The molecule has 0 spiro atoms. The van der Waals surface area contributed by atoms with Crippen LogP contribution in [0.3, 0.4) is 0 Å². The van der Waals surface area contributed by atoms with Crippen LogP contribution in [-0.4, -0.2) is 43.2 Å². The first-order chi connectivity index (χ1) is 10.9. The zero-order chi connectivity index (χ0) is 16.4. The summed E-state index contributed by atoms with van der Waals surface area (Å²) in [5.41, 5.74) is 6.57. The van der Waals surface area contributed by atoms with Crippen LogP contribution in [-0.2, 0) is 14.2 Å². The predicted molar refractivity (Wildman–Crippen MR) is 81.5 cm³/mol. The molecule has 2 aromatic heterocycles. The number of nitrogens with zero attached hydrogens (tertiary/aromatic N) is 4. The van der Waals surface area contributed by atoms with E-state index in [1.54, 1.807) is 10.7 Å². The fourth-order valence-electron chi connectivity index (χ4n) is 3.77. The topological polar surface area (TPSA) is 96.8 Å². The first-order valence-corrected chi connectivity index (χ1v) is 7.83. The zero-order valence-electron chi connectivity index (χ0n) is 13.7. The quantitative estimate of drug-likeness (QED) is 0.895. The van der Waals surface area contributed by atoms with Crippen LogP contribution in [0, 0.1) is 0 Å². The lowest BCUT2D eigenvalue weighted by Crippen LogP contribution is -2.40. The second-order valence-corrected chi connectivity index (χ2v) is 6.75. The molecule has 8 heteroatoms. The number of aromatic nitrogens is 4. The van der Waals surface area contributed by atoms with Gasteiger partial charge in [0.05, 0.1) is 18.0 Å². The second-order valence-electron chi connectivity index (χ2n) is 6.75. The Kier molecular flexibility index (Phi) is 2.97. The van der Waals surface area contributed by atoms with Gasteiger partial charge in [-0.15, -0.1) is 0 Å². The summed E-state index contributed by atoms with van der Waals surface area (Å²) in [5.74, 6) is -0.314. The van der Waals surface area contributed by atoms with E-state index in [-0.39, 0.29) is 18.3 Å². The largest absolute Gasteiger partial charge is 0.381 e. The highest BCUT2D eigenvalue weighted by Crippen LogP contribution is 2.53. The number of hydrogen-bond acceptors (Lipinski definition) is 7. The molecule has 0 radical (unpaired) electrons. The summed E-state index contributed by atoms with van der Waals surface area (Å²) in [5, 5.41) is 4.27. The molecule has 23 heavy (non-hydrogen) atoms. The SMILES string of the molecule is CC[C@H]1O[C@@H](c2cnc3c(N)ncnn23)[C@]2(C)OC(C)(C)O[C@H]12. The van der Waals surface area contributed by atoms with Crippen LogP contribution in [0.1, 0.15) is 45.9 Å². The van der Waals surface area contributed by atoms with Crippen LogP contribution in [0.15, 0.2) is 12.5 Å². The number of nitrogen functional groups attached to an aromatic ring is 1. The Bertz CT molecular complexity index is 761. The molecule has 2 saturated heterocycles. The van der Waals surface area contributed by atoms with Gasteiger partial charge in [-0.1, -0.05) is 6.92 Å². The molecule has 8 nitrogen and oxygen atoms in total. The molecule has 0 saturated carbocycles. The number of imidazole rings is 1. The van der Waals surface area contributed by atoms with E-state index < -0.39 is 11.4 Å². The van der Waals surface area contributed by atoms with Crippen LogP contribution in [0.5, 0.6) is 0 Å². The van der Waals surface area contributed by atoms with Crippen molar-refractivity contribution in [2.75, 3.05) is 5.73 Å². The van der Waals surface area contributed by atoms with Crippen molar-refractivity contribution in [1.82, 2.24) is 19.6 Å². The number of rotatable bonds is 2. The fraction of sp³-hybridized carbons (Fsp3) is 0.667.